The average molecular weight is 653 g/mol. The maximum Gasteiger partial charge on any atom is 0.334 e. The first-order valence-electron chi connectivity index (χ1n) is 18.6. The standard InChI is InChI=1S/C37H64O9/c1-3-4-5-6-7-8-9-10-11-13-17-29(39)23-30-24-32(41)35(45-30)20-19-31(40)36-25-33(42)34(46-36)18-15-12-14-16-28(38)22-27-21-26(2)44-37(27)43/h21,26,28,30-36,38,40-42H,3-20,22-25H2,1-2H3/t26?,28?,30?,31-,32-,33?,34?,35?,36-/m0/s1. The van der Waals surface area contributed by atoms with Gasteiger partial charge in [0.05, 0.1) is 48.8 Å². The second kappa shape index (κ2) is 21.6. The SMILES string of the molecule is CCCCCCCCCCCCC(=O)CC1C[C@H](O)C(CC[C@H](O)[C@@H]2CC(O)C(CCCCCC(O)CC3=CC(C)OC3=O)O2)O1. The van der Waals surface area contributed by atoms with Gasteiger partial charge in [-0.25, -0.2) is 4.79 Å². The number of hydrogen-bond acceptors (Lipinski definition) is 9. The highest BCUT2D eigenvalue weighted by Gasteiger charge is 2.39. The topological polar surface area (TPSA) is 143 Å². The fourth-order valence-corrected chi connectivity index (χ4v) is 7.20. The summed E-state index contributed by atoms with van der Waals surface area (Å²) >= 11 is 0. The average Bonchev–Trinajstić information content (AvgIpc) is 3.66. The van der Waals surface area contributed by atoms with E-state index >= 15 is 0 Å². The molecule has 0 aromatic carbocycles. The fourth-order valence-electron chi connectivity index (χ4n) is 7.20. The molecule has 0 bridgehead atoms. The molecule has 0 aromatic rings. The lowest BCUT2D eigenvalue weighted by atomic mass is 9.98. The van der Waals surface area contributed by atoms with Gasteiger partial charge in [-0.05, 0) is 45.1 Å². The molecule has 46 heavy (non-hydrogen) atoms. The van der Waals surface area contributed by atoms with Crippen LogP contribution in [-0.4, -0.2) is 87.1 Å². The van der Waals surface area contributed by atoms with Crippen LogP contribution in [0.1, 0.15) is 155 Å². The molecule has 0 aliphatic carbocycles. The van der Waals surface area contributed by atoms with Crippen LogP contribution in [0.15, 0.2) is 11.6 Å². The molecule has 3 aliphatic rings. The number of ether oxygens (including phenoxy) is 3. The van der Waals surface area contributed by atoms with Gasteiger partial charge in [0.25, 0.3) is 0 Å². The van der Waals surface area contributed by atoms with Crippen molar-refractivity contribution in [2.75, 3.05) is 0 Å². The van der Waals surface area contributed by atoms with E-state index in [2.05, 4.69) is 6.92 Å². The Morgan fingerprint density at radius 1 is 0.826 bits per heavy atom. The summed E-state index contributed by atoms with van der Waals surface area (Å²) in [7, 11) is 0. The van der Waals surface area contributed by atoms with Crippen molar-refractivity contribution in [2.45, 2.75) is 210 Å². The number of aliphatic hydroxyl groups is 4. The lowest BCUT2D eigenvalue weighted by Gasteiger charge is -2.21. The maximum atomic E-state index is 12.5. The third-order valence-corrected chi connectivity index (χ3v) is 9.97. The van der Waals surface area contributed by atoms with Crippen molar-refractivity contribution >= 4 is 11.8 Å². The van der Waals surface area contributed by atoms with E-state index in [1.807, 2.05) is 0 Å². The zero-order valence-electron chi connectivity index (χ0n) is 28.7. The molecule has 0 saturated carbocycles. The number of ketones is 1. The molecule has 9 heteroatoms. The van der Waals surface area contributed by atoms with Crippen molar-refractivity contribution in [2.24, 2.45) is 0 Å². The first-order chi connectivity index (χ1) is 22.2. The van der Waals surface area contributed by atoms with E-state index in [1.54, 1.807) is 13.0 Å². The molecule has 266 valence electrons. The monoisotopic (exact) mass is 652 g/mol. The normalized spacial score (nSPS) is 29.2. The molecule has 6 unspecified atom stereocenters. The lowest BCUT2D eigenvalue weighted by Crippen LogP contribution is -2.29. The van der Waals surface area contributed by atoms with Crippen molar-refractivity contribution in [1.29, 1.82) is 0 Å². The molecule has 2 fully saturated rings. The molecule has 2 saturated heterocycles. The number of carbonyl (C=O) groups is 2. The van der Waals surface area contributed by atoms with Crippen molar-refractivity contribution in [3.05, 3.63) is 11.6 Å². The number of Topliss-reactive ketones (excluding diaryl/α,β-unsaturated/α-hetero) is 1. The Balaban J connectivity index is 1.21. The number of unbranched alkanes of at least 4 members (excludes halogenated alkanes) is 11. The molecular formula is C37H64O9. The summed E-state index contributed by atoms with van der Waals surface area (Å²) in [5, 5.41) is 42.1. The molecule has 0 radical (unpaired) electrons. The second-order valence-corrected chi connectivity index (χ2v) is 14.2. The third-order valence-electron chi connectivity index (χ3n) is 9.97. The molecule has 3 rings (SSSR count). The highest BCUT2D eigenvalue weighted by Crippen LogP contribution is 2.31. The Labute approximate surface area is 277 Å². The minimum absolute atomic E-state index is 0.205. The van der Waals surface area contributed by atoms with E-state index in [0.717, 1.165) is 32.1 Å². The number of esters is 1. The number of rotatable bonds is 25. The fraction of sp³-hybridized carbons (Fsp3) is 0.892. The molecule has 3 aliphatic heterocycles. The van der Waals surface area contributed by atoms with Gasteiger partial charge < -0.3 is 34.6 Å². The molecule has 9 nitrogen and oxygen atoms in total. The van der Waals surface area contributed by atoms with Crippen LogP contribution in [0, 0.1) is 0 Å². The molecular weight excluding hydrogens is 588 g/mol. The second-order valence-electron chi connectivity index (χ2n) is 14.2. The molecule has 4 N–H and O–H groups in total. The Morgan fingerprint density at radius 2 is 1.46 bits per heavy atom. The van der Waals surface area contributed by atoms with E-state index in [1.165, 1.54) is 51.4 Å². The molecule has 0 aromatic heterocycles. The van der Waals surface area contributed by atoms with Crippen LogP contribution in [0.2, 0.25) is 0 Å². The number of hydrogen-bond donors (Lipinski definition) is 4. The smallest absolute Gasteiger partial charge is 0.334 e. The van der Waals surface area contributed by atoms with Crippen molar-refractivity contribution in [1.82, 2.24) is 0 Å². The third kappa shape index (κ3) is 14.4. The van der Waals surface area contributed by atoms with Crippen molar-refractivity contribution in [3.63, 3.8) is 0 Å². The number of aliphatic hydroxyl groups excluding tert-OH is 4. The number of cyclic esters (lactones) is 1. The Hall–Kier alpha value is -1.36. The largest absolute Gasteiger partial charge is 0.455 e. The summed E-state index contributed by atoms with van der Waals surface area (Å²) in [6.07, 6.45) is 16.6. The van der Waals surface area contributed by atoms with Crippen LogP contribution in [0.4, 0.5) is 0 Å². The van der Waals surface area contributed by atoms with Gasteiger partial charge in [0.2, 0.25) is 0 Å². The summed E-state index contributed by atoms with van der Waals surface area (Å²) < 4.78 is 17.1. The quantitative estimate of drug-likeness (QED) is 0.0689. The van der Waals surface area contributed by atoms with Crippen LogP contribution < -0.4 is 0 Å². The zero-order chi connectivity index (χ0) is 33.3. The van der Waals surface area contributed by atoms with Gasteiger partial charge in [-0.3, -0.25) is 4.79 Å². The van der Waals surface area contributed by atoms with Crippen LogP contribution in [-0.2, 0) is 23.8 Å². The molecule has 3 heterocycles. The summed E-state index contributed by atoms with van der Waals surface area (Å²) in [5.41, 5.74) is 0.547. The highest BCUT2D eigenvalue weighted by atomic mass is 16.5. The van der Waals surface area contributed by atoms with E-state index in [4.69, 9.17) is 14.2 Å². The first-order valence-corrected chi connectivity index (χ1v) is 18.6. The molecule has 9 atom stereocenters. The summed E-state index contributed by atoms with van der Waals surface area (Å²) in [6, 6.07) is 0. The van der Waals surface area contributed by atoms with E-state index in [-0.39, 0.29) is 30.1 Å². The summed E-state index contributed by atoms with van der Waals surface area (Å²) in [5.74, 6) is -0.135. The van der Waals surface area contributed by atoms with Gasteiger partial charge in [-0.15, -0.1) is 0 Å². The highest BCUT2D eigenvalue weighted by molar-refractivity contribution is 5.90. The van der Waals surface area contributed by atoms with Gasteiger partial charge in [0.1, 0.15) is 11.9 Å². The van der Waals surface area contributed by atoms with Crippen LogP contribution in [0.25, 0.3) is 0 Å². The van der Waals surface area contributed by atoms with Gasteiger partial charge in [0.15, 0.2) is 0 Å². The van der Waals surface area contributed by atoms with Gasteiger partial charge in [-0.1, -0.05) is 84.0 Å². The van der Waals surface area contributed by atoms with Crippen LogP contribution in [0.3, 0.4) is 0 Å². The van der Waals surface area contributed by atoms with Crippen LogP contribution in [0.5, 0.6) is 0 Å². The summed E-state index contributed by atoms with van der Waals surface area (Å²) in [4.78, 5) is 24.2. The first kappa shape index (κ1) is 39.1. The van der Waals surface area contributed by atoms with Gasteiger partial charge >= 0.3 is 5.97 Å². The van der Waals surface area contributed by atoms with Gasteiger partial charge in [-0.2, -0.15) is 0 Å². The van der Waals surface area contributed by atoms with Crippen LogP contribution >= 0.6 is 0 Å². The predicted molar refractivity (Wildman–Crippen MR) is 177 cm³/mol. The summed E-state index contributed by atoms with van der Waals surface area (Å²) in [6.45, 7) is 4.04. The minimum Gasteiger partial charge on any atom is -0.455 e. The minimum atomic E-state index is -0.762. The van der Waals surface area contributed by atoms with E-state index < -0.39 is 36.6 Å². The van der Waals surface area contributed by atoms with Crippen molar-refractivity contribution < 1.29 is 44.2 Å². The van der Waals surface area contributed by atoms with E-state index in [9.17, 15) is 30.0 Å². The predicted octanol–water partition coefficient (Wildman–Crippen LogP) is 6.01. The maximum absolute atomic E-state index is 12.5. The molecule has 0 amide bonds. The Kier molecular flexibility index (Phi) is 18.3. The molecule has 0 spiro atoms. The van der Waals surface area contributed by atoms with Gasteiger partial charge in [0, 0.05) is 37.7 Å². The zero-order valence-corrected chi connectivity index (χ0v) is 28.7. The lowest BCUT2D eigenvalue weighted by molar-refractivity contribution is -0.139. The van der Waals surface area contributed by atoms with E-state index in [0.29, 0.717) is 63.4 Å². The van der Waals surface area contributed by atoms with Crippen molar-refractivity contribution in [3.8, 4) is 0 Å². The number of carbonyl (C=O) groups excluding carboxylic acids is 2. The Morgan fingerprint density at radius 3 is 2.13 bits per heavy atom. The Bertz CT molecular complexity index is 907.